The van der Waals surface area contributed by atoms with Crippen LogP contribution in [0.15, 0.2) is 59.8 Å². The summed E-state index contributed by atoms with van der Waals surface area (Å²) in [4.78, 5) is 57.6. The Morgan fingerprint density at radius 2 is 1.16 bits per heavy atom. The van der Waals surface area contributed by atoms with Crippen LogP contribution in [0, 0.1) is 13.8 Å². The molecule has 0 spiro atoms. The first kappa shape index (κ1) is 49.1. The summed E-state index contributed by atoms with van der Waals surface area (Å²) in [6.45, 7) is 10.9. The Balaban J connectivity index is 0.883. The van der Waals surface area contributed by atoms with Crippen molar-refractivity contribution in [3.63, 3.8) is 0 Å². The Labute approximate surface area is 390 Å². The van der Waals surface area contributed by atoms with E-state index in [0.717, 1.165) is 51.8 Å². The third kappa shape index (κ3) is 11.2. The predicted octanol–water partition coefficient (Wildman–Crippen LogP) is 1.70. The lowest BCUT2D eigenvalue weighted by atomic mass is 9.83. The third-order valence-corrected chi connectivity index (χ3v) is 12.4. The summed E-state index contributed by atoms with van der Waals surface area (Å²) < 4.78 is 45.6. The molecule has 0 atom stereocenters. The summed E-state index contributed by atoms with van der Waals surface area (Å²) in [5.41, 5.74) is 5.11. The highest BCUT2D eigenvalue weighted by Crippen LogP contribution is 2.44. The van der Waals surface area contributed by atoms with Crippen LogP contribution in [0.25, 0.3) is 5.57 Å². The summed E-state index contributed by atoms with van der Waals surface area (Å²) >= 11 is 0. The zero-order chi connectivity index (χ0) is 47.7. The van der Waals surface area contributed by atoms with Gasteiger partial charge in [-0.25, -0.2) is 0 Å². The molecule has 7 N–H and O–H groups in total. The average molecular weight is 929 g/mol. The largest absolute Gasteiger partial charge is 0.737 e. The lowest BCUT2D eigenvalue weighted by Gasteiger charge is -2.34. The van der Waals surface area contributed by atoms with E-state index < -0.39 is 30.4 Å². The molecule has 5 heterocycles. The number of carbonyl (C=O) groups excluding carboxylic acids is 4. The number of aryl methyl sites for hydroxylation is 2. The van der Waals surface area contributed by atoms with Gasteiger partial charge in [-0.05, 0) is 67.9 Å². The molecule has 1 aromatic heterocycles. The van der Waals surface area contributed by atoms with Crippen molar-refractivity contribution in [2.45, 2.75) is 27.7 Å². The summed E-state index contributed by atoms with van der Waals surface area (Å²) in [7, 11) is 0. The number of phenols is 1. The first-order chi connectivity index (χ1) is 32.3. The van der Waals surface area contributed by atoms with Gasteiger partial charge in [-0.3, -0.25) is 19.2 Å². The molecule has 0 radical (unpaired) electrons. The first-order valence-corrected chi connectivity index (χ1v) is 23.2. The number of carbonyl (C=O) groups is 4. The van der Waals surface area contributed by atoms with Crippen molar-refractivity contribution in [1.82, 2.24) is 46.2 Å². The lowest BCUT2D eigenvalue weighted by molar-refractivity contribution is -0.363. The molecule has 3 aromatic rings. The molecule has 4 aliphatic heterocycles. The van der Waals surface area contributed by atoms with Crippen molar-refractivity contribution in [2.24, 2.45) is 0 Å². The normalized spacial score (nSPS) is 17.9. The van der Waals surface area contributed by atoms with Crippen LogP contribution in [0.1, 0.15) is 77.8 Å². The molecular formula is C47H63BF2N10O7. The minimum atomic E-state index is -4.09. The van der Waals surface area contributed by atoms with Gasteiger partial charge >= 0.3 is 6.97 Å². The number of rotatable bonds is 14. The van der Waals surface area contributed by atoms with Crippen molar-refractivity contribution < 1.29 is 46.9 Å². The van der Waals surface area contributed by atoms with Crippen LogP contribution in [-0.2, 0) is 9.47 Å². The Bertz CT molecular complexity index is 2360. The van der Waals surface area contributed by atoms with E-state index in [9.17, 15) is 24.3 Å². The monoisotopic (exact) mass is 928 g/mol. The zero-order valence-corrected chi connectivity index (χ0v) is 38.9. The fourth-order valence-corrected chi connectivity index (χ4v) is 9.13. The van der Waals surface area contributed by atoms with Crippen LogP contribution in [-0.4, -0.2) is 178 Å². The Kier molecular flexibility index (Phi) is 16.4. The maximum atomic E-state index is 16.0. The number of phenolic OH excluding ortho intramolecular Hbond substituents is 1. The molecule has 67 heavy (non-hydrogen) atoms. The zero-order valence-electron chi connectivity index (χ0n) is 38.9. The Hall–Kier alpha value is -5.77. The van der Waals surface area contributed by atoms with Gasteiger partial charge in [-0.15, -0.1) is 0 Å². The van der Waals surface area contributed by atoms with Crippen LogP contribution >= 0.6 is 0 Å². The molecular weight excluding hydrogens is 865 g/mol. The fraction of sp³-hybridized carbons (Fsp3) is 0.468. The molecule has 0 aliphatic carbocycles. The summed E-state index contributed by atoms with van der Waals surface area (Å²) in [5, 5.41) is 30.2. The van der Waals surface area contributed by atoms with E-state index in [1.807, 2.05) is 13.8 Å². The second-order valence-electron chi connectivity index (χ2n) is 17.2. The predicted molar refractivity (Wildman–Crippen MR) is 252 cm³/mol. The van der Waals surface area contributed by atoms with Gasteiger partial charge in [0.05, 0.1) is 43.1 Å². The van der Waals surface area contributed by atoms with E-state index in [4.69, 9.17) is 9.47 Å². The highest BCUT2D eigenvalue weighted by atomic mass is 19.2. The van der Waals surface area contributed by atoms with Crippen molar-refractivity contribution >= 4 is 41.9 Å². The van der Waals surface area contributed by atoms with E-state index in [1.54, 1.807) is 60.1 Å². The summed E-state index contributed by atoms with van der Waals surface area (Å²) in [6, 6.07) is 11.4. The van der Waals surface area contributed by atoms with Crippen molar-refractivity contribution in [1.29, 1.82) is 0 Å². The van der Waals surface area contributed by atoms with E-state index in [0.29, 0.717) is 86.3 Å². The number of aromatic hydroxyl groups is 1. The van der Waals surface area contributed by atoms with Gasteiger partial charge in [0.15, 0.2) is 5.70 Å². The highest BCUT2D eigenvalue weighted by Gasteiger charge is 2.55. The van der Waals surface area contributed by atoms with Gasteiger partial charge in [0.2, 0.25) is 0 Å². The van der Waals surface area contributed by atoms with Crippen LogP contribution in [0.2, 0.25) is 0 Å². The quantitative estimate of drug-likeness (QED) is 0.0920. The van der Waals surface area contributed by atoms with E-state index in [-0.39, 0.29) is 62.1 Å². The molecule has 0 bridgehead atoms. The molecule has 4 amide bonds. The number of nitrogens with zero attached hydrogens (tertiary/aromatic N) is 4. The second kappa shape index (κ2) is 22.4. The number of nitrogens with one attached hydrogen (secondary N) is 6. The molecule has 2 aromatic carbocycles. The van der Waals surface area contributed by atoms with Crippen LogP contribution in [0.3, 0.4) is 0 Å². The number of halogens is 2. The molecule has 0 unspecified atom stereocenters. The maximum Gasteiger partial charge on any atom is 0.737 e. The molecule has 20 heteroatoms. The molecule has 2 fully saturated rings. The third-order valence-electron chi connectivity index (χ3n) is 12.4. The molecule has 2 saturated heterocycles. The Morgan fingerprint density at radius 3 is 1.66 bits per heavy atom. The average Bonchev–Trinajstić information content (AvgIpc) is 3.88. The molecule has 0 saturated carbocycles. The van der Waals surface area contributed by atoms with Crippen LogP contribution in [0.5, 0.6) is 5.75 Å². The number of aromatic nitrogens is 1. The van der Waals surface area contributed by atoms with Crippen LogP contribution < -0.4 is 31.9 Å². The second-order valence-corrected chi connectivity index (χ2v) is 17.2. The molecule has 4 aliphatic rings. The minimum Gasteiger partial charge on any atom is -0.506 e. The molecule has 17 nitrogen and oxygen atoms in total. The number of fused-ring (bicyclic) bond motifs is 2. The van der Waals surface area contributed by atoms with Crippen molar-refractivity contribution in [3.05, 3.63) is 105 Å². The fourth-order valence-electron chi connectivity index (χ4n) is 9.13. The lowest BCUT2D eigenvalue weighted by Crippen LogP contribution is -2.51. The standard InChI is InChI=1S/C47H63BF2N10O7/c1-31-27-33(3)59-41(31)40(42-32(2)28-34(4)60(42)48(59,49)50)35-5-7-36(8-6-35)44(62)55-17-23-66-25-26-67-24-18-56-45(63)37-29-38(46(64)57-19-13-51-9-10-52-14-20-57)43(61)39(30-37)47(65)58-21-15-53-11-12-54-16-22-58/h5-8,27-30,51-54,61H,9-26H2,1-4H3,(H,55,62)(H,56,63). The first-order valence-electron chi connectivity index (χ1n) is 23.2. The van der Waals surface area contributed by atoms with Gasteiger partial charge in [-0.2, -0.15) is 0 Å². The Morgan fingerprint density at radius 1 is 0.687 bits per heavy atom. The van der Waals surface area contributed by atoms with E-state index in [2.05, 4.69) is 31.9 Å². The van der Waals surface area contributed by atoms with Gasteiger partial charge in [0.25, 0.3) is 23.6 Å². The van der Waals surface area contributed by atoms with E-state index >= 15 is 8.63 Å². The van der Waals surface area contributed by atoms with E-state index in [1.165, 1.54) is 12.1 Å². The molecule has 7 rings (SSSR count). The summed E-state index contributed by atoms with van der Waals surface area (Å²) in [6.07, 6.45) is 1.78. The number of ether oxygens (including phenoxy) is 2. The van der Waals surface area contributed by atoms with Gasteiger partial charge in [0.1, 0.15) is 11.5 Å². The van der Waals surface area contributed by atoms with Gasteiger partial charge < -0.3 is 73.9 Å². The topological polar surface area (TPSA) is 194 Å². The number of benzene rings is 2. The van der Waals surface area contributed by atoms with Crippen molar-refractivity contribution in [2.75, 3.05) is 118 Å². The number of amides is 4. The summed E-state index contributed by atoms with van der Waals surface area (Å²) in [5.74, 6) is -2.25. The smallest absolute Gasteiger partial charge is 0.506 e. The minimum absolute atomic E-state index is 0.0597. The number of allylic oxidation sites excluding steroid dienone is 2. The van der Waals surface area contributed by atoms with Gasteiger partial charge in [-0.1, -0.05) is 12.1 Å². The van der Waals surface area contributed by atoms with Crippen LogP contribution in [0.4, 0.5) is 8.63 Å². The highest BCUT2D eigenvalue weighted by molar-refractivity contribution is 6.58. The van der Waals surface area contributed by atoms with Gasteiger partial charge in [0, 0.05) is 127 Å². The van der Waals surface area contributed by atoms with Crippen molar-refractivity contribution in [3.8, 4) is 5.75 Å². The SMILES string of the molecule is CC1=CC(C)=[N+]2C1=C(c1ccc(C(=O)NCCOCCOCCNC(=O)c3cc(C(=O)N4CCNCCNCC4)c(O)c(C(=O)N4CCNCCNCC4)c3)cc1)c1c(C)cc(C)n1[B-]2(F)F. The number of hydrogen-bond donors (Lipinski definition) is 7. The number of hydrogen-bond acceptors (Lipinski definition) is 11. The molecule has 360 valence electrons. The maximum absolute atomic E-state index is 16.0.